The molecule has 3 heteroatoms. The minimum Gasteiger partial charge on any atom is -0.464 e. The van der Waals surface area contributed by atoms with Crippen LogP contribution < -0.4 is 0 Å². The number of furan rings is 1. The lowest BCUT2D eigenvalue weighted by atomic mass is 9.79. The van der Waals surface area contributed by atoms with Crippen LogP contribution in [0.4, 0.5) is 0 Å². The zero-order valence-electron chi connectivity index (χ0n) is 10.6. The normalized spacial score (nSPS) is 19.3. The van der Waals surface area contributed by atoms with Gasteiger partial charge in [0, 0.05) is 16.9 Å². The Hall–Kier alpha value is -1.61. The number of fused-ring (bicyclic) bond motifs is 3. The van der Waals surface area contributed by atoms with Crippen molar-refractivity contribution in [1.82, 2.24) is 0 Å². The third-order valence-corrected chi connectivity index (χ3v) is 3.94. The van der Waals surface area contributed by atoms with Crippen molar-refractivity contribution in [3.05, 3.63) is 34.6 Å². The second kappa shape index (κ2) is 3.95. The molecule has 3 nitrogen and oxygen atoms in total. The summed E-state index contributed by atoms with van der Waals surface area (Å²) < 4.78 is 5.48. The van der Waals surface area contributed by atoms with Gasteiger partial charge in [0.25, 0.3) is 0 Å². The maximum Gasteiger partial charge on any atom is 0.166 e. The summed E-state index contributed by atoms with van der Waals surface area (Å²) in [6.07, 6.45) is 3.40. The van der Waals surface area contributed by atoms with Gasteiger partial charge in [0.05, 0.1) is 12.9 Å². The quantitative estimate of drug-likeness (QED) is 0.839. The van der Waals surface area contributed by atoms with Crippen molar-refractivity contribution in [2.75, 3.05) is 0 Å². The van der Waals surface area contributed by atoms with Crippen LogP contribution in [-0.4, -0.2) is 10.9 Å². The van der Waals surface area contributed by atoms with Crippen LogP contribution in [0.1, 0.15) is 40.4 Å². The molecule has 18 heavy (non-hydrogen) atoms. The third-order valence-electron chi connectivity index (χ3n) is 3.94. The highest BCUT2D eigenvalue weighted by Gasteiger charge is 2.29. The van der Waals surface area contributed by atoms with E-state index in [2.05, 4.69) is 0 Å². The lowest BCUT2D eigenvalue weighted by molar-refractivity contribution is 0.0915. The van der Waals surface area contributed by atoms with E-state index in [4.69, 9.17) is 4.42 Å². The van der Waals surface area contributed by atoms with Crippen molar-refractivity contribution in [2.45, 2.75) is 33.3 Å². The predicted octanol–water partition coefficient (Wildman–Crippen LogP) is 3.00. The van der Waals surface area contributed by atoms with E-state index in [1.165, 1.54) is 0 Å². The molecule has 0 fully saturated rings. The Labute approximate surface area is 105 Å². The molecule has 0 amide bonds. The Kier molecular flexibility index (Phi) is 2.52. The number of aliphatic hydroxyl groups is 1. The number of ketones is 1. The predicted molar refractivity (Wildman–Crippen MR) is 68.7 cm³/mol. The van der Waals surface area contributed by atoms with Gasteiger partial charge in [-0.05, 0) is 42.5 Å². The van der Waals surface area contributed by atoms with Gasteiger partial charge >= 0.3 is 0 Å². The van der Waals surface area contributed by atoms with E-state index in [0.29, 0.717) is 5.58 Å². The van der Waals surface area contributed by atoms with Gasteiger partial charge in [-0.15, -0.1) is 0 Å². The summed E-state index contributed by atoms with van der Waals surface area (Å²) in [5.41, 5.74) is 4.32. The summed E-state index contributed by atoms with van der Waals surface area (Å²) in [4.78, 5) is 12.4. The van der Waals surface area contributed by atoms with Crippen LogP contribution in [0.5, 0.6) is 0 Å². The number of aryl methyl sites for hydroxylation is 1. The van der Waals surface area contributed by atoms with Gasteiger partial charge in [-0.1, -0.05) is 6.92 Å². The summed E-state index contributed by atoms with van der Waals surface area (Å²) >= 11 is 0. The van der Waals surface area contributed by atoms with Gasteiger partial charge in [0.2, 0.25) is 0 Å². The largest absolute Gasteiger partial charge is 0.464 e. The van der Waals surface area contributed by atoms with Gasteiger partial charge in [-0.3, -0.25) is 4.79 Å². The third kappa shape index (κ3) is 1.44. The molecule has 0 bridgehead atoms. The number of Topliss-reactive ketones (excluding diaryl/α,β-unsaturated/α-hetero) is 1. The highest BCUT2D eigenvalue weighted by atomic mass is 16.3. The Morgan fingerprint density at radius 3 is 3.00 bits per heavy atom. The molecule has 0 aliphatic heterocycles. The Bertz CT molecular complexity index is 637. The average Bonchev–Trinajstić information content (AvgIpc) is 2.74. The number of hydrogen-bond donors (Lipinski definition) is 1. The number of aliphatic hydroxyl groups excluding tert-OH is 1. The summed E-state index contributed by atoms with van der Waals surface area (Å²) in [5, 5.41) is 10.4. The lowest BCUT2D eigenvalue weighted by Gasteiger charge is -2.23. The van der Waals surface area contributed by atoms with Crippen LogP contribution in [0.25, 0.3) is 11.0 Å². The first-order valence-electron chi connectivity index (χ1n) is 6.31. The molecular weight excluding hydrogens is 228 g/mol. The van der Waals surface area contributed by atoms with E-state index >= 15 is 0 Å². The fourth-order valence-electron chi connectivity index (χ4n) is 2.88. The van der Waals surface area contributed by atoms with Crippen LogP contribution >= 0.6 is 0 Å². The lowest BCUT2D eigenvalue weighted by Crippen LogP contribution is -2.21. The smallest absolute Gasteiger partial charge is 0.166 e. The van der Waals surface area contributed by atoms with E-state index in [-0.39, 0.29) is 18.3 Å². The highest BCUT2D eigenvalue weighted by molar-refractivity contribution is 6.11. The molecule has 94 valence electrons. The molecule has 0 spiro atoms. The van der Waals surface area contributed by atoms with Gasteiger partial charge in [-0.25, -0.2) is 0 Å². The number of benzene rings is 1. The fourth-order valence-corrected chi connectivity index (χ4v) is 2.88. The van der Waals surface area contributed by atoms with E-state index < -0.39 is 0 Å². The van der Waals surface area contributed by atoms with Gasteiger partial charge in [0.15, 0.2) is 5.78 Å². The molecule has 0 unspecified atom stereocenters. The van der Waals surface area contributed by atoms with E-state index in [9.17, 15) is 9.90 Å². The van der Waals surface area contributed by atoms with E-state index in [1.54, 1.807) is 6.26 Å². The summed E-state index contributed by atoms with van der Waals surface area (Å²) in [5.74, 6) is 0.241. The molecule has 0 saturated heterocycles. The van der Waals surface area contributed by atoms with Gasteiger partial charge < -0.3 is 9.52 Å². The molecule has 1 N–H and O–H groups in total. The molecule has 0 saturated carbocycles. The maximum absolute atomic E-state index is 12.4. The fraction of sp³-hybridized carbons (Fsp3) is 0.400. The van der Waals surface area contributed by atoms with Crippen LogP contribution in [0.3, 0.4) is 0 Å². The van der Waals surface area contributed by atoms with Gasteiger partial charge in [0.1, 0.15) is 5.58 Å². The molecular formula is C15H16O3. The molecule has 0 radical (unpaired) electrons. The minimum absolute atomic E-state index is 0.0420. The van der Waals surface area contributed by atoms with Crippen LogP contribution in [0, 0.1) is 12.8 Å². The maximum atomic E-state index is 12.4. The second-order valence-corrected chi connectivity index (χ2v) is 5.14. The SMILES string of the molecule is Cc1coc2cc(CO)c3c(c12)C(=O)[C@H](C)CC3. The first kappa shape index (κ1) is 11.5. The molecule has 3 rings (SSSR count). The first-order chi connectivity index (χ1) is 8.63. The van der Waals surface area contributed by atoms with Crippen LogP contribution in [0.2, 0.25) is 0 Å². The monoisotopic (exact) mass is 244 g/mol. The molecule has 1 atom stereocenters. The molecule has 1 aliphatic carbocycles. The Morgan fingerprint density at radius 1 is 1.50 bits per heavy atom. The average molecular weight is 244 g/mol. The van der Waals surface area contributed by atoms with Crippen molar-refractivity contribution in [3.8, 4) is 0 Å². The summed E-state index contributed by atoms with van der Waals surface area (Å²) in [6.45, 7) is 3.88. The Morgan fingerprint density at radius 2 is 2.28 bits per heavy atom. The molecule has 1 heterocycles. The van der Waals surface area contributed by atoms with Crippen molar-refractivity contribution in [2.24, 2.45) is 5.92 Å². The number of hydrogen-bond acceptors (Lipinski definition) is 3. The van der Waals surface area contributed by atoms with Gasteiger partial charge in [-0.2, -0.15) is 0 Å². The molecule has 1 aliphatic rings. The molecule has 1 aromatic carbocycles. The second-order valence-electron chi connectivity index (χ2n) is 5.14. The Balaban J connectivity index is 2.42. The number of carbonyl (C=O) groups excluding carboxylic acids is 1. The minimum atomic E-state index is -0.0420. The summed E-state index contributed by atoms with van der Waals surface area (Å²) in [7, 11) is 0. The van der Waals surface area contributed by atoms with Crippen molar-refractivity contribution < 1.29 is 14.3 Å². The van der Waals surface area contributed by atoms with Crippen LogP contribution in [-0.2, 0) is 13.0 Å². The zero-order valence-corrected chi connectivity index (χ0v) is 10.6. The highest BCUT2D eigenvalue weighted by Crippen LogP contribution is 2.36. The topological polar surface area (TPSA) is 50.4 Å². The first-order valence-corrected chi connectivity index (χ1v) is 6.31. The van der Waals surface area contributed by atoms with Crippen molar-refractivity contribution >= 4 is 16.8 Å². The van der Waals surface area contributed by atoms with Crippen molar-refractivity contribution in [1.29, 1.82) is 0 Å². The van der Waals surface area contributed by atoms with E-state index in [1.807, 2.05) is 19.9 Å². The van der Waals surface area contributed by atoms with Crippen LogP contribution in [0.15, 0.2) is 16.7 Å². The zero-order chi connectivity index (χ0) is 12.9. The number of carbonyl (C=O) groups is 1. The molecule has 1 aromatic heterocycles. The standard InChI is InChI=1S/C15H16O3/c1-8-3-4-11-10(6-16)5-12-13(9(2)7-18-12)14(11)15(8)17/h5,7-8,16H,3-4,6H2,1-2H3/t8-/m1/s1. The van der Waals surface area contributed by atoms with E-state index in [0.717, 1.165) is 40.5 Å². The van der Waals surface area contributed by atoms with Crippen molar-refractivity contribution in [3.63, 3.8) is 0 Å². The summed E-state index contributed by atoms with van der Waals surface area (Å²) in [6, 6.07) is 1.87. The molecule has 2 aromatic rings. The number of rotatable bonds is 1.